The third kappa shape index (κ3) is 5.04. The summed E-state index contributed by atoms with van der Waals surface area (Å²) in [6.45, 7) is 3.66. The predicted molar refractivity (Wildman–Crippen MR) is 89.0 cm³/mol. The van der Waals surface area contributed by atoms with Crippen LogP contribution in [0.2, 0.25) is 5.15 Å². The quantitative estimate of drug-likeness (QED) is 0.452. The highest BCUT2D eigenvalue weighted by Gasteiger charge is 2.14. The third-order valence-corrected chi connectivity index (χ3v) is 3.58. The molecule has 1 amide bonds. The van der Waals surface area contributed by atoms with Gasteiger partial charge in [-0.1, -0.05) is 17.7 Å². The lowest BCUT2D eigenvalue weighted by Gasteiger charge is -2.06. The molecule has 2 heterocycles. The molecule has 0 saturated carbocycles. The molecule has 2 aromatic rings. The minimum absolute atomic E-state index is 0.133. The molecule has 0 aliphatic carbocycles. The standard InChI is InChI=1S/C14H13ClN4O3S/c1-2-5-17-14-19-10(8-23-14)13(21)22-7-11(20)18-9-4-3-6-16-12(9)15/h2-4,6,8H,1,5,7H2,(H,17,19)(H,18,20). The highest BCUT2D eigenvalue weighted by molar-refractivity contribution is 7.13. The van der Waals surface area contributed by atoms with Crippen LogP contribution in [-0.4, -0.2) is 35.0 Å². The van der Waals surface area contributed by atoms with E-state index in [1.807, 2.05) is 0 Å². The van der Waals surface area contributed by atoms with E-state index in [9.17, 15) is 9.59 Å². The van der Waals surface area contributed by atoms with Crippen molar-refractivity contribution in [1.82, 2.24) is 9.97 Å². The summed E-state index contributed by atoms with van der Waals surface area (Å²) in [5.74, 6) is -1.20. The molecule has 120 valence electrons. The van der Waals surface area contributed by atoms with Crippen LogP contribution in [0.25, 0.3) is 0 Å². The number of carbonyl (C=O) groups is 2. The fourth-order valence-electron chi connectivity index (χ4n) is 1.48. The number of pyridine rings is 1. The first-order valence-corrected chi connectivity index (χ1v) is 7.73. The fraction of sp³-hybridized carbons (Fsp3) is 0.143. The second-order valence-corrected chi connectivity index (χ2v) is 5.39. The molecule has 0 fully saturated rings. The molecule has 2 aromatic heterocycles. The average molecular weight is 353 g/mol. The van der Waals surface area contributed by atoms with Crippen molar-refractivity contribution in [3.63, 3.8) is 0 Å². The Hall–Kier alpha value is -2.45. The second-order valence-electron chi connectivity index (χ2n) is 4.17. The Morgan fingerprint density at radius 2 is 2.30 bits per heavy atom. The largest absolute Gasteiger partial charge is 0.451 e. The lowest BCUT2D eigenvalue weighted by molar-refractivity contribution is -0.119. The molecule has 0 aromatic carbocycles. The van der Waals surface area contributed by atoms with E-state index in [0.29, 0.717) is 17.4 Å². The number of thiazole rings is 1. The fourth-order valence-corrected chi connectivity index (χ4v) is 2.34. The molecule has 0 bridgehead atoms. The molecule has 2 rings (SSSR count). The summed E-state index contributed by atoms with van der Waals surface area (Å²) in [6.07, 6.45) is 3.17. The number of halogens is 1. The monoisotopic (exact) mass is 352 g/mol. The van der Waals surface area contributed by atoms with E-state index < -0.39 is 18.5 Å². The number of aromatic nitrogens is 2. The van der Waals surface area contributed by atoms with Gasteiger partial charge in [0.2, 0.25) is 0 Å². The van der Waals surface area contributed by atoms with Gasteiger partial charge in [-0.25, -0.2) is 14.8 Å². The van der Waals surface area contributed by atoms with Crippen LogP contribution in [0.15, 0.2) is 36.4 Å². The topological polar surface area (TPSA) is 93.2 Å². The number of nitrogens with one attached hydrogen (secondary N) is 2. The average Bonchev–Trinajstić information content (AvgIpc) is 3.02. The molecule has 2 N–H and O–H groups in total. The second kappa shape index (κ2) is 8.25. The molecule has 23 heavy (non-hydrogen) atoms. The minimum Gasteiger partial charge on any atom is -0.451 e. The van der Waals surface area contributed by atoms with Gasteiger partial charge in [-0.2, -0.15) is 0 Å². The summed E-state index contributed by atoms with van der Waals surface area (Å²) in [4.78, 5) is 31.4. The van der Waals surface area contributed by atoms with Crippen LogP contribution < -0.4 is 10.6 Å². The van der Waals surface area contributed by atoms with Crippen molar-refractivity contribution in [3.8, 4) is 0 Å². The van der Waals surface area contributed by atoms with E-state index in [0.717, 1.165) is 0 Å². The molecule has 0 unspecified atom stereocenters. The zero-order valence-electron chi connectivity index (χ0n) is 11.9. The molecular formula is C14H13ClN4O3S. The Kier molecular flexibility index (Phi) is 6.07. The van der Waals surface area contributed by atoms with Crippen LogP contribution in [-0.2, 0) is 9.53 Å². The highest BCUT2D eigenvalue weighted by Crippen LogP contribution is 2.18. The van der Waals surface area contributed by atoms with Crippen molar-refractivity contribution in [2.45, 2.75) is 0 Å². The van der Waals surface area contributed by atoms with Gasteiger partial charge in [0.05, 0.1) is 5.69 Å². The number of ether oxygens (including phenoxy) is 1. The molecule has 0 aliphatic rings. The van der Waals surface area contributed by atoms with Gasteiger partial charge in [0.1, 0.15) is 0 Å². The maximum Gasteiger partial charge on any atom is 0.358 e. The van der Waals surface area contributed by atoms with E-state index >= 15 is 0 Å². The van der Waals surface area contributed by atoms with E-state index in [4.69, 9.17) is 16.3 Å². The number of nitrogens with zero attached hydrogens (tertiary/aromatic N) is 2. The number of esters is 1. The molecule has 7 nitrogen and oxygen atoms in total. The van der Waals surface area contributed by atoms with Gasteiger partial charge in [0, 0.05) is 18.1 Å². The summed E-state index contributed by atoms with van der Waals surface area (Å²) < 4.78 is 4.90. The number of hydrogen-bond acceptors (Lipinski definition) is 7. The molecule has 9 heteroatoms. The summed E-state index contributed by atoms with van der Waals surface area (Å²) in [5.41, 5.74) is 0.480. The molecule has 0 spiro atoms. The molecule has 0 radical (unpaired) electrons. The van der Waals surface area contributed by atoms with Crippen molar-refractivity contribution < 1.29 is 14.3 Å². The number of hydrogen-bond donors (Lipinski definition) is 2. The van der Waals surface area contributed by atoms with E-state index in [2.05, 4.69) is 27.2 Å². The number of anilines is 2. The van der Waals surface area contributed by atoms with Gasteiger partial charge in [0.25, 0.3) is 5.91 Å². The number of carbonyl (C=O) groups excluding carboxylic acids is 2. The Labute approximate surface area is 141 Å². The van der Waals surface area contributed by atoms with Gasteiger partial charge < -0.3 is 15.4 Å². The lowest BCUT2D eigenvalue weighted by atomic mass is 10.4. The van der Waals surface area contributed by atoms with Crippen LogP contribution in [0.5, 0.6) is 0 Å². The summed E-state index contributed by atoms with van der Waals surface area (Å²) in [7, 11) is 0. The Morgan fingerprint density at radius 3 is 3.04 bits per heavy atom. The first-order valence-electron chi connectivity index (χ1n) is 6.48. The molecule has 0 atom stereocenters. The van der Waals surface area contributed by atoms with Crippen LogP contribution in [0.1, 0.15) is 10.5 Å². The minimum atomic E-state index is -0.680. The zero-order valence-corrected chi connectivity index (χ0v) is 13.5. The van der Waals surface area contributed by atoms with Crippen molar-refractivity contribution in [2.75, 3.05) is 23.8 Å². The number of rotatable bonds is 7. The van der Waals surface area contributed by atoms with Crippen LogP contribution in [0, 0.1) is 0 Å². The predicted octanol–water partition coefficient (Wildman–Crippen LogP) is 2.58. The first kappa shape index (κ1) is 16.9. The van der Waals surface area contributed by atoms with Gasteiger partial charge >= 0.3 is 5.97 Å². The van der Waals surface area contributed by atoms with Gasteiger partial charge in [0.15, 0.2) is 22.6 Å². The molecular weight excluding hydrogens is 340 g/mol. The van der Waals surface area contributed by atoms with Crippen molar-refractivity contribution in [3.05, 3.63) is 47.2 Å². The van der Waals surface area contributed by atoms with E-state index in [-0.39, 0.29) is 10.8 Å². The van der Waals surface area contributed by atoms with Gasteiger partial charge in [-0.15, -0.1) is 17.9 Å². The Morgan fingerprint density at radius 1 is 1.48 bits per heavy atom. The highest BCUT2D eigenvalue weighted by atomic mass is 35.5. The Bertz CT molecular complexity index is 720. The van der Waals surface area contributed by atoms with Crippen LogP contribution >= 0.6 is 22.9 Å². The van der Waals surface area contributed by atoms with Gasteiger partial charge in [-0.3, -0.25) is 4.79 Å². The maximum atomic E-state index is 11.8. The smallest absolute Gasteiger partial charge is 0.358 e. The summed E-state index contributed by atoms with van der Waals surface area (Å²) in [6, 6.07) is 3.22. The SMILES string of the molecule is C=CCNc1nc(C(=O)OCC(=O)Nc2cccnc2Cl)cs1. The zero-order chi connectivity index (χ0) is 16.7. The molecule has 0 saturated heterocycles. The lowest BCUT2D eigenvalue weighted by Crippen LogP contribution is -2.21. The molecule has 0 aliphatic heterocycles. The normalized spacial score (nSPS) is 9.96. The first-order chi connectivity index (χ1) is 11.1. The van der Waals surface area contributed by atoms with Crippen molar-refractivity contribution in [2.24, 2.45) is 0 Å². The van der Waals surface area contributed by atoms with E-state index in [1.54, 1.807) is 23.6 Å². The van der Waals surface area contributed by atoms with Crippen LogP contribution in [0.3, 0.4) is 0 Å². The summed E-state index contributed by atoms with van der Waals surface area (Å²) in [5, 5.41) is 7.73. The summed E-state index contributed by atoms with van der Waals surface area (Å²) >= 11 is 7.07. The van der Waals surface area contributed by atoms with E-state index in [1.165, 1.54) is 17.5 Å². The number of amides is 1. The van der Waals surface area contributed by atoms with Crippen LogP contribution in [0.4, 0.5) is 10.8 Å². The Balaban J connectivity index is 1.84. The van der Waals surface area contributed by atoms with Crippen molar-refractivity contribution >= 4 is 45.6 Å². The third-order valence-electron chi connectivity index (χ3n) is 2.48. The van der Waals surface area contributed by atoms with Crippen molar-refractivity contribution in [1.29, 1.82) is 0 Å². The van der Waals surface area contributed by atoms with Gasteiger partial charge in [-0.05, 0) is 12.1 Å². The maximum absolute atomic E-state index is 11.8.